The van der Waals surface area contributed by atoms with Gasteiger partial charge < -0.3 is 21.1 Å². The van der Waals surface area contributed by atoms with Crippen LogP contribution in [0.25, 0.3) is 0 Å². The van der Waals surface area contributed by atoms with E-state index in [1.54, 1.807) is 24.3 Å². The predicted octanol–water partition coefficient (Wildman–Crippen LogP) is 3.18. The zero-order chi connectivity index (χ0) is 20.6. The highest BCUT2D eigenvalue weighted by atomic mass is 16.4. The van der Waals surface area contributed by atoms with Gasteiger partial charge in [-0.25, -0.2) is 4.79 Å². The summed E-state index contributed by atoms with van der Waals surface area (Å²) in [6.07, 6.45) is 2.90. The van der Waals surface area contributed by atoms with Crippen LogP contribution in [-0.4, -0.2) is 35.1 Å². The fourth-order valence-corrected chi connectivity index (χ4v) is 2.98. The fraction of sp³-hybridized carbons (Fsp3) is 0.318. The summed E-state index contributed by atoms with van der Waals surface area (Å²) in [6.45, 7) is 0. The summed E-state index contributed by atoms with van der Waals surface area (Å²) in [5.74, 6) is -1.01. The number of urea groups is 1. The lowest BCUT2D eigenvalue weighted by molar-refractivity contribution is -0.137. The highest BCUT2D eigenvalue weighted by Crippen LogP contribution is 2.19. The van der Waals surface area contributed by atoms with E-state index in [4.69, 9.17) is 5.11 Å². The summed E-state index contributed by atoms with van der Waals surface area (Å²) in [5, 5.41) is 17.5. The third kappa shape index (κ3) is 6.95. The maximum Gasteiger partial charge on any atom is 0.319 e. The highest BCUT2D eigenvalue weighted by Gasteiger charge is 2.23. The summed E-state index contributed by atoms with van der Waals surface area (Å²) >= 11 is 0. The molecule has 29 heavy (non-hydrogen) atoms. The van der Waals surface area contributed by atoms with Crippen LogP contribution in [0.2, 0.25) is 0 Å². The van der Waals surface area contributed by atoms with E-state index in [-0.39, 0.29) is 18.4 Å². The van der Waals surface area contributed by atoms with Crippen LogP contribution in [0, 0.1) is 0 Å². The van der Waals surface area contributed by atoms with Gasteiger partial charge in [0.2, 0.25) is 0 Å². The molecule has 1 aliphatic rings. The molecule has 0 heterocycles. The Morgan fingerprint density at radius 1 is 1.00 bits per heavy atom. The molecule has 1 fully saturated rings. The van der Waals surface area contributed by atoms with Gasteiger partial charge >= 0.3 is 12.0 Å². The number of rotatable bonds is 9. The van der Waals surface area contributed by atoms with Gasteiger partial charge in [-0.3, -0.25) is 9.59 Å². The summed E-state index contributed by atoms with van der Waals surface area (Å²) in [4.78, 5) is 35.3. The Hall–Kier alpha value is -3.35. The molecule has 152 valence electrons. The molecule has 0 aromatic heterocycles. The SMILES string of the molecule is O=C(O)CCC(Cc1ccccc1)NC(=O)Nc1ccc(C(=O)NC2CC2)cc1. The molecule has 0 radical (unpaired) electrons. The molecule has 1 unspecified atom stereocenters. The van der Waals surface area contributed by atoms with Crippen LogP contribution in [0.4, 0.5) is 10.5 Å². The molecule has 3 rings (SSSR count). The smallest absolute Gasteiger partial charge is 0.319 e. The lowest BCUT2D eigenvalue weighted by atomic mass is 10.0. The highest BCUT2D eigenvalue weighted by molar-refractivity contribution is 5.95. The number of amides is 3. The minimum Gasteiger partial charge on any atom is -0.481 e. The summed E-state index contributed by atoms with van der Waals surface area (Å²) in [5.41, 5.74) is 2.13. The Labute approximate surface area is 169 Å². The van der Waals surface area contributed by atoms with Gasteiger partial charge in [-0.1, -0.05) is 30.3 Å². The fourth-order valence-electron chi connectivity index (χ4n) is 2.98. The molecule has 0 spiro atoms. The first kappa shape index (κ1) is 20.4. The average molecular weight is 395 g/mol. The minimum absolute atomic E-state index is 0.0252. The number of aliphatic carboxylic acids is 1. The Kier molecular flexibility index (Phi) is 6.84. The second-order valence-corrected chi connectivity index (χ2v) is 7.24. The maximum atomic E-state index is 12.4. The third-order valence-electron chi connectivity index (χ3n) is 4.68. The lowest BCUT2D eigenvalue weighted by Gasteiger charge is -2.19. The van der Waals surface area contributed by atoms with Crippen LogP contribution in [0.3, 0.4) is 0 Å². The topological polar surface area (TPSA) is 108 Å². The number of anilines is 1. The predicted molar refractivity (Wildman–Crippen MR) is 110 cm³/mol. The normalized spacial score (nSPS) is 13.9. The van der Waals surface area contributed by atoms with Crippen molar-refractivity contribution in [1.29, 1.82) is 0 Å². The largest absolute Gasteiger partial charge is 0.481 e. The van der Waals surface area contributed by atoms with Crippen LogP contribution >= 0.6 is 0 Å². The van der Waals surface area contributed by atoms with Gasteiger partial charge in [0.25, 0.3) is 5.91 Å². The first-order valence-electron chi connectivity index (χ1n) is 9.74. The molecule has 0 aliphatic heterocycles. The van der Waals surface area contributed by atoms with E-state index in [0.29, 0.717) is 30.1 Å². The van der Waals surface area contributed by atoms with E-state index in [9.17, 15) is 14.4 Å². The first-order chi connectivity index (χ1) is 14.0. The van der Waals surface area contributed by atoms with Gasteiger partial charge in [-0.05, 0) is 55.5 Å². The van der Waals surface area contributed by atoms with Gasteiger partial charge in [0, 0.05) is 29.8 Å². The van der Waals surface area contributed by atoms with Crippen molar-refractivity contribution >= 4 is 23.6 Å². The summed E-state index contributed by atoms with van der Waals surface area (Å²) in [7, 11) is 0. The van der Waals surface area contributed by atoms with Crippen molar-refractivity contribution in [1.82, 2.24) is 10.6 Å². The Morgan fingerprint density at radius 3 is 2.31 bits per heavy atom. The number of carboxylic acid groups (broad SMARTS) is 1. The Morgan fingerprint density at radius 2 is 1.69 bits per heavy atom. The van der Waals surface area contributed by atoms with E-state index in [1.165, 1.54) is 0 Å². The molecule has 1 atom stereocenters. The van der Waals surface area contributed by atoms with Crippen molar-refractivity contribution in [3.63, 3.8) is 0 Å². The molecule has 0 saturated heterocycles. The van der Waals surface area contributed by atoms with Crippen molar-refractivity contribution in [2.24, 2.45) is 0 Å². The van der Waals surface area contributed by atoms with Crippen LogP contribution in [-0.2, 0) is 11.2 Å². The van der Waals surface area contributed by atoms with E-state index >= 15 is 0 Å². The van der Waals surface area contributed by atoms with Crippen molar-refractivity contribution in [3.8, 4) is 0 Å². The number of hydrogen-bond acceptors (Lipinski definition) is 3. The van der Waals surface area contributed by atoms with Gasteiger partial charge in [-0.2, -0.15) is 0 Å². The number of carboxylic acids is 1. The number of carbonyl (C=O) groups excluding carboxylic acids is 2. The standard InChI is InChI=1S/C22H25N3O4/c26-20(27)13-12-19(14-15-4-2-1-3-5-15)25-22(29)24-18-8-6-16(7-9-18)21(28)23-17-10-11-17/h1-9,17,19H,10-14H2,(H,23,28)(H,26,27)(H2,24,25,29). The maximum absolute atomic E-state index is 12.4. The van der Waals surface area contributed by atoms with E-state index in [1.807, 2.05) is 30.3 Å². The van der Waals surface area contributed by atoms with Crippen LogP contribution in [0.5, 0.6) is 0 Å². The van der Waals surface area contributed by atoms with Crippen molar-refractivity contribution in [2.75, 3.05) is 5.32 Å². The number of carbonyl (C=O) groups is 3. The average Bonchev–Trinajstić information content (AvgIpc) is 3.51. The zero-order valence-corrected chi connectivity index (χ0v) is 16.1. The van der Waals surface area contributed by atoms with E-state index < -0.39 is 12.0 Å². The monoisotopic (exact) mass is 395 g/mol. The molecule has 4 N–H and O–H groups in total. The second kappa shape index (κ2) is 9.73. The van der Waals surface area contributed by atoms with Crippen LogP contribution in [0.1, 0.15) is 41.6 Å². The van der Waals surface area contributed by atoms with Crippen LogP contribution < -0.4 is 16.0 Å². The number of benzene rings is 2. The number of hydrogen-bond donors (Lipinski definition) is 4. The molecule has 7 heteroatoms. The lowest BCUT2D eigenvalue weighted by Crippen LogP contribution is -2.39. The molecule has 0 bridgehead atoms. The molecule has 1 saturated carbocycles. The Balaban J connectivity index is 1.55. The molecule has 7 nitrogen and oxygen atoms in total. The van der Waals surface area contributed by atoms with E-state index in [0.717, 1.165) is 18.4 Å². The molecule has 3 amide bonds. The van der Waals surface area contributed by atoms with Gasteiger partial charge in [-0.15, -0.1) is 0 Å². The first-order valence-corrected chi connectivity index (χ1v) is 9.74. The van der Waals surface area contributed by atoms with Gasteiger partial charge in [0.05, 0.1) is 0 Å². The van der Waals surface area contributed by atoms with E-state index in [2.05, 4.69) is 16.0 Å². The van der Waals surface area contributed by atoms with Gasteiger partial charge in [0.1, 0.15) is 0 Å². The quantitative estimate of drug-likeness (QED) is 0.523. The summed E-state index contributed by atoms with van der Waals surface area (Å²) < 4.78 is 0. The molecule has 1 aliphatic carbocycles. The number of nitrogens with one attached hydrogen (secondary N) is 3. The van der Waals surface area contributed by atoms with Crippen LogP contribution in [0.15, 0.2) is 54.6 Å². The second-order valence-electron chi connectivity index (χ2n) is 7.24. The Bertz CT molecular complexity index is 848. The summed E-state index contributed by atoms with van der Waals surface area (Å²) in [6, 6.07) is 15.9. The molecule has 2 aromatic carbocycles. The minimum atomic E-state index is -0.898. The van der Waals surface area contributed by atoms with Gasteiger partial charge in [0.15, 0.2) is 0 Å². The third-order valence-corrected chi connectivity index (χ3v) is 4.68. The molecular weight excluding hydrogens is 370 g/mol. The van der Waals surface area contributed by atoms with Crippen molar-refractivity contribution in [3.05, 3.63) is 65.7 Å². The molecule has 2 aromatic rings. The van der Waals surface area contributed by atoms with Crippen molar-refractivity contribution < 1.29 is 19.5 Å². The van der Waals surface area contributed by atoms with Crippen molar-refractivity contribution in [2.45, 2.75) is 44.2 Å². The zero-order valence-electron chi connectivity index (χ0n) is 16.1. The molecular formula is C22H25N3O4.